The zero-order chi connectivity index (χ0) is 14.7. The second kappa shape index (κ2) is 6.26. The minimum atomic E-state index is 0.463. The van der Waals surface area contributed by atoms with E-state index in [9.17, 15) is 0 Å². The minimum absolute atomic E-state index is 0.463. The van der Waals surface area contributed by atoms with E-state index in [0.717, 1.165) is 11.4 Å². The van der Waals surface area contributed by atoms with E-state index in [4.69, 9.17) is 10.5 Å². The van der Waals surface area contributed by atoms with Gasteiger partial charge in [-0.2, -0.15) is 0 Å². The Bertz CT molecular complexity index is 604. The summed E-state index contributed by atoms with van der Waals surface area (Å²) in [5, 5.41) is 8.46. The summed E-state index contributed by atoms with van der Waals surface area (Å²) in [6.07, 6.45) is 3.73. The third-order valence-electron chi connectivity index (χ3n) is 4.09. The molecule has 1 fully saturated rings. The fraction of sp³-hybridized carbons (Fsp3) is 0.500. The van der Waals surface area contributed by atoms with Crippen LogP contribution in [0.25, 0.3) is 0 Å². The predicted octanol–water partition coefficient (Wildman–Crippen LogP) is 2.39. The average molecular weight is 286 g/mol. The van der Waals surface area contributed by atoms with Gasteiger partial charge in [-0.15, -0.1) is 5.10 Å². The molecule has 0 radical (unpaired) electrons. The summed E-state index contributed by atoms with van der Waals surface area (Å²) in [5.41, 5.74) is 9.13. The van der Waals surface area contributed by atoms with Crippen LogP contribution in [0.15, 0.2) is 24.3 Å². The van der Waals surface area contributed by atoms with E-state index >= 15 is 0 Å². The van der Waals surface area contributed by atoms with E-state index in [-0.39, 0.29) is 0 Å². The summed E-state index contributed by atoms with van der Waals surface area (Å²) in [4.78, 5) is 0. The normalized spacial score (nSPS) is 15.0. The topological polar surface area (TPSA) is 66.0 Å². The first-order valence-electron chi connectivity index (χ1n) is 7.59. The van der Waals surface area contributed by atoms with Gasteiger partial charge in [0.1, 0.15) is 12.4 Å². The molecule has 2 aromatic rings. The molecule has 0 aliphatic heterocycles. The molecule has 1 aliphatic rings. The highest BCUT2D eigenvalue weighted by atomic mass is 16.5. The molecule has 0 amide bonds. The van der Waals surface area contributed by atoms with E-state index < -0.39 is 0 Å². The quantitative estimate of drug-likeness (QED) is 0.885. The number of benzene rings is 1. The Kier molecular flexibility index (Phi) is 4.20. The lowest BCUT2D eigenvalue weighted by Gasteiger charge is -2.26. The van der Waals surface area contributed by atoms with Crippen LogP contribution in [0.3, 0.4) is 0 Å². The van der Waals surface area contributed by atoms with Crippen molar-refractivity contribution in [1.29, 1.82) is 0 Å². The number of ether oxygens (including phenoxy) is 1. The standard InChI is InChI=1S/C16H22N4O/c1-12-4-2-7-14(10-12)21-9-8-20-16(13-5-3-6-13)15(11-17)18-19-20/h2,4,7,10,13H,3,5-6,8-9,11,17H2,1H3. The SMILES string of the molecule is Cc1cccc(OCCn2nnc(CN)c2C2CCC2)c1. The monoisotopic (exact) mass is 286 g/mol. The molecule has 1 saturated carbocycles. The molecule has 1 heterocycles. The van der Waals surface area contributed by atoms with Crippen LogP contribution >= 0.6 is 0 Å². The molecular formula is C16H22N4O. The number of rotatable bonds is 6. The summed E-state index contributed by atoms with van der Waals surface area (Å²) < 4.78 is 7.77. The molecule has 0 spiro atoms. The van der Waals surface area contributed by atoms with Crippen LogP contribution < -0.4 is 10.5 Å². The highest BCUT2D eigenvalue weighted by molar-refractivity contribution is 5.27. The van der Waals surface area contributed by atoms with Crippen LogP contribution in [0.5, 0.6) is 5.75 Å². The molecule has 0 bridgehead atoms. The van der Waals surface area contributed by atoms with Crippen molar-refractivity contribution in [2.75, 3.05) is 6.61 Å². The van der Waals surface area contributed by atoms with Crippen LogP contribution in [0.2, 0.25) is 0 Å². The fourth-order valence-corrected chi connectivity index (χ4v) is 2.75. The molecule has 0 atom stereocenters. The number of aromatic nitrogens is 3. The molecule has 0 unspecified atom stereocenters. The second-order valence-corrected chi connectivity index (χ2v) is 5.64. The van der Waals surface area contributed by atoms with Crippen molar-refractivity contribution >= 4 is 0 Å². The van der Waals surface area contributed by atoms with Gasteiger partial charge in [-0.05, 0) is 37.5 Å². The van der Waals surface area contributed by atoms with Gasteiger partial charge >= 0.3 is 0 Å². The molecule has 21 heavy (non-hydrogen) atoms. The highest BCUT2D eigenvalue weighted by Gasteiger charge is 2.26. The average Bonchev–Trinajstić information content (AvgIpc) is 2.80. The van der Waals surface area contributed by atoms with Gasteiger partial charge in [-0.3, -0.25) is 0 Å². The van der Waals surface area contributed by atoms with Crippen molar-refractivity contribution in [3.63, 3.8) is 0 Å². The fourth-order valence-electron chi connectivity index (χ4n) is 2.75. The molecule has 5 nitrogen and oxygen atoms in total. The molecule has 3 rings (SSSR count). The number of nitrogens with zero attached hydrogens (tertiary/aromatic N) is 3. The van der Waals surface area contributed by atoms with Crippen LogP contribution in [0.4, 0.5) is 0 Å². The molecule has 0 saturated heterocycles. The lowest BCUT2D eigenvalue weighted by Crippen LogP contribution is -2.20. The van der Waals surface area contributed by atoms with Gasteiger partial charge in [0, 0.05) is 12.5 Å². The summed E-state index contributed by atoms with van der Waals surface area (Å²) in [5.74, 6) is 1.48. The molecule has 112 valence electrons. The maximum absolute atomic E-state index is 5.80. The van der Waals surface area contributed by atoms with Crippen LogP contribution in [0, 0.1) is 6.92 Å². The first kappa shape index (κ1) is 14.1. The van der Waals surface area contributed by atoms with Gasteiger partial charge in [0.15, 0.2) is 0 Å². The van der Waals surface area contributed by atoms with Crippen molar-refractivity contribution in [3.05, 3.63) is 41.2 Å². The van der Waals surface area contributed by atoms with Gasteiger partial charge in [0.05, 0.1) is 17.9 Å². The minimum Gasteiger partial charge on any atom is -0.492 e. The highest BCUT2D eigenvalue weighted by Crippen LogP contribution is 2.37. The summed E-state index contributed by atoms with van der Waals surface area (Å²) >= 11 is 0. The lowest BCUT2D eigenvalue weighted by molar-refractivity contribution is 0.280. The Morgan fingerprint density at radius 1 is 1.38 bits per heavy atom. The van der Waals surface area contributed by atoms with Crippen molar-refractivity contribution in [3.8, 4) is 5.75 Å². The van der Waals surface area contributed by atoms with Gasteiger partial charge in [-0.25, -0.2) is 4.68 Å². The summed E-state index contributed by atoms with van der Waals surface area (Å²) in [6.45, 7) is 3.83. The van der Waals surface area contributed by atoms with Gasteiger partial charge in [0.25, 0.3) is 0 Å². The largest absolute Gasteiger partial charge is 0.492 e. The Morgan fingerprint density at radius 2 is 2.24 bits per heavy atom. The van der Waals surface area contributed by atoms with Crippen molar-refractivity contribution in [1.82, 2.24) is 15.0 Å². The molecule has 1 aliphatic carbocycles. The molecule has 1 aromatic carbocycles. The van der Waals surface area contributed by atoms with Gasteiger partial charge in [-0.1, -0.05) is 23.8 Å². The van der Waals surface area contributed by atoms with E-state index in [0.29, 0.717) is 25.6 Å². The maximum atomic E-state index is 5.80. The number of hydrogen-bond acceptors (Lipinski definition) is 4. The third-order valence-corrected chi connectivity index (χ3v) is 4.09. The summed E-state index contributed by atoms with van der Waals surface area (Å²) in [7, 11) is 0. The predicted molar refractivity (Wildman–Crippen MR) is 81.2 cm³/mol. The van der Waals surface area contributed by atoms with Gasteiger partial charge < -0.3 is 10.5 Å². The van der Waals surface area contributed by atoms with Gasteiger partial charge in [0.2, 0.25) is 0 Å². The van der Waals surface area contributed by atoms with E-state index in [1.54, 1.807) is 0 Å². The number of nitrogens with two attached hydrogens (primary N) is 1. The zero-order valence-corrected chi connectivity index (χ0v) is 12.5. The van der Waals surface area contributed by atoms with Crippen LogP contribution in [0.1, 0.15) is 42.1 Å². The second-order valence-electron chi connectivity index (χ2n) is 5.64. The van der Waals surface area contributed by atoms with Crippen LogP contribution in [-0.4, -0.2) is 21.6 Å². The number of hydrogen-bond donors (Lipinski definition) is 1. The lowest BCUT2D eigenvalue weighted by atomic mass is 9.82. The molecule has 1 aromatic heterocycles. The molecule has 5 heteroatoms. The Morgan fingerprint density at radius 3 is 2.90 bits per heavy atom. The van der Waals surface area contributed by atoms with Crippen LogP contribution in [-0.2, 0) is 13.1 Å². The van der Waals surface area contributed by atoms with Crippen molar-refractivity contribution in [2.45, 2.75) is 45.2 Å². The van der Waals surface area contributed by atoms with E-state index in [1.165, 1.54) is 30.5 Å². The molecular weight excluding hydrogens is 264 g/mol. The Balaban J connectivity index is 1.64. The van der Waals surface area contributed by atoms with E-state index in [2.05, 4.69) is 23.3 Å². The zero-order valence-electron chi connectivity index (χ0n) is 12.5. The first-order chi connectivity index (χ1) is 10.3. The van der Waals surface area contributed by atoms with Crippen molar-refractivity contribution in [2.24, 2.45) is 5.73 Å². The Labute approximate surface area is 125 Å². The van der Waals surface area contributed by atoms with E-state index in [1.807, 2.05) is 22.9 Å². The third kappa shape index (κ3) is 3.08. The maximum Gasteiger partial charge on any atom is 0.119 e. The first-order valence-corrected chi connectivity index (χ1v) is 7.59. The number of aryl methyl sites for hydroxylation is 1. The molecule has 2 N–H and O–H groups in total. The summed E-state index contributed by atoms with van der Waals surface area (Å²) in [6, 6.07) is 8.09. The van der Waals surface area contributed by atoms with Crippen molar-refractivity contribution < 1.29 is 4.74 Å². The Hall–Kier alpha value is -1.88. The smallest absolute Gasteiger partial charge is 0.119 e.